The maximum Gasteiger partial charge on any atom is 0.256 e. The predicted molar refractivity (Wildman–Crippen MR) is 76.6 cm³/mol. The number of anilines is 1. The van der Waals surface area contributed by atoms with Gasteiger partial charge in [0.25, 0.3) is 5.91 Å². The Hall–Kier alpha value is -1.39. The summed E-state index contributed by atoms with van der Waals surface area (Å²) in [5, 5.41) is 10.2. The predicted octanol–water partition coefficient (Wildman–Crippen LogP) is 2.41. The van der Waals surface area contributed by atoms with Crippen molar-refractivity contribution < 1.29 is 14.6 Å². The quantitative estimate of drug-likeness (QED) is 0.856. The Morgan fingerprint density at radius 1 is 1.30 bits per heavy atom. The Balaban J connectivity index is 1.89. The Kier molecular flexibility index (Phi) is 3.76. The summed E-state index contributed by atoms with van der Waals surface area (Å²) in [5.74, 6) is 0.0379. The average Bonchev–Trinajstić information content (AvgIpc) is 2.82. The van der Waals surface area contributed by atoms with Crippen LogP contribution < -0.4 is 4.90 Å². The van der Waals surface area contributed by atoms with Gasteiger partial charge in [0.1, 0.15) is 6.10 Å². The zero-order valence-corrected chi connectivity index (χ0v) is 11.8. The molecular weight excluding hydrogens is 254 g/mol. The molecule has 3 unspecified atom stereocenters. The van der Waals surface area contributed by atoms with Gasteiger partial charge in [-0.1, -0.05) is 18.2 Å². The number of fused-ring (bicyclic) bond motifs is 1. The summed E-state index contributed by atoms with van der Waals surface area (Å²) in [6.45, 7) is 2.66. The van der Waals surface area contributed by atoms with Crippen molar-refractivity contribution in [2.45, 2.75) is 50.9 Å². The second kappa shape index (κ2) is 5.54. The number of benzene rings is 1. The van der Waals surface area contributed by atoms with Gasteiger partial charge in [-0.25, -0.2) is 0 Å². The van der Waals surface area contributed by atoms with E-state index in [0.717, 1.165) is 30.5 Å². The van der Waals surface area contributed by atoms with E-state index in [1.165, 1.54) is 0 Å². The molecule has 2 heterocycles. The molecule has 1 N–H and O–H groups in total. The van der Waals surface area contributed by atoms with E-state index >= 15 is 0 Å². The van der Waals surface area contributed by atoms with Crippen molar-refractivity contribution >= 4 is 11.6 Å². The maximum absolute atomic E-state index is 12.7. The normalized spacial score (nSPS) is 29.9. The fourth-order valence-corrected chi connectivity index (χ4v) is 3.12. The number of carbonyl (C=O) groups is 1. The van der Waals surface area contributed by atoms with Crippen LogP contribution in [0.3, 0.4) is 0 Å². The first-order valence-electron chi connectivity index (χ1n) is 7.40. The summed E-state index contributed by atoms with van der Waals surface area (Å²) in [4.78, 5) is 14.5. The summed E-state index contributed by atoms with van der Waals surface area (Å²) in [5.41, 5.74) is 1.69. The molecule has 1 saturated heterocycles. The maximum atomic E-state index is 12.7. The lowest BCUT2D eigenvalue weighted by Gasteiger charge is -2.26. The highest BCUT2D eigenvalue weighted by atomic mass is 16.5. The lowest BCUT2D eigenvalue weighted by Crippen LogP contribution is -2.40. The van der Waals surface area contributed by atoms with Crippen molar-refractivity contribution in [3.05, 3.63) is 29.8 Å². The van der Waals surface area contributed by atoms with E-state index in [4.69, 9.17) is 4.74 Å². The van der Waals surface area contributed by atoms with Crippen molar-refractivity contribution in [3.63, 3.8) is 0 Å². The molecule has 2 aliphatic heterocycles. The van der Waals surface area contributed by atoms with Crippen LogP contribution in [-0.4, -0.2) is 29.8 Å². The van der Waals surface area contributed by atoms with Crippen LogP contribution in [-0.2, 0) is 9.53 Å². The van der Waals surface area contributed by atoms with Gasteiger partial charge in [0, 0.05) is 17.8 Å². The molecule has 3 atom stereocenters. The minimum absolute atomic E-state index is 0.0379. The summed E-state index contributed by atoms with van der Waals surface area (Å²) in [6, 6.07) is 7.64. The number of aliphatic hydroxyl groups is 1. The number of carbonyl (C=O) groups excluding carboxylic acids is 1. The van der Waals surface area contributed by atoms with Gasteiger partial charge in [-0.3, -0.25) is 4.79 Å². The largest absolute Gasteiger partial charge is 0.388 e. The molecule has 0 bridgehead atoms. The topological polar surface area (TPSA) is 49.8 Å². The second-order valence-electron chi connectivity index (χ2n) is 5.72. The molecule has 1 fully saturated rings. The van der Waals surface area contributed by atoms with E-state index in [2.05, 4.69) is 0 Å². The SMILES string of the molecule is CC1CCC(C(=O)N2CCCC(O)c3ccccc32)O1. The van der Waals surface area contributed by atoms with Crippen molar-refractivity contribution in [3.8, 4) is 0 Å². The lowest BCUT2D eigenvalue weighted by molar-refractivity contribution is -0.129. The molecule has 0 saturated carbocycles. The minimum atomic E-state index is -0.479. The number of rotatable bonds is 1. The van der Waals surface area contributed by atoms with E-state index in [1.807, 2.05) is 31.2 Å². The van der Waals surface area contributed by atoms with Crippen LogP contribution in [0.1, 0.15) is 44.3 Å². The summed E-state index contributed by atoms with van der Waals surface area (Å²) in [6.07, 6.45) is 2.60. The van der Waals surface area contributed by atoms with Gasteiger partial charge in [-0.2, -0.15) is 0 Å². The molecule has 4 heteroatoms. The molecule has 1 aromatic carbocycles. The van der Waals surface area contributed by atoms with E-state index in [0.29, 0.717) is 13.0 Å². The first-order valence-corrected chi connectivity index (χ1v) is 7.40. The second-order valence-corrected chi connectivity index (χ2v) is 5.72. The third-order valence-corrected chi connectivity index (χ3v) is 4.22. The standard InChI is InChI=1S/C16H21NO3/c1-11-8-9-15(20-11)16(19)17-10-4-7-14(18)12-5-2-3-6-13(12)17/h2-3,5-6,11,14-15,18H,4,7-10H2,1H3. The fraction of sp³-hybridized carbons (Fsp3) is 0.562. The smallest absolute Gasteiger partial charge is 0.256 e. The van der Waals surface area contributed by atoms with E-state index in [1.54, 1.807) is 4.90 Å². The third kappa shape index (κ3) is 2.45. The van der Waals surface area contributed by atoms with Gasteiger partial charge in [0.2, 0.25) is 0 Å². The van der Waals surface area contributed by atoms with Crippen LogP contribution in [0.15, 0.2) is 24.3 Å². The molecule has 2 aliphatic rings. The number of hydrogen-bond acceptors (Lipinski definition) is 3. The van der Waals surface area contributed by atoms with Gasteiger partial charge in [0.15, 0.2) is 0 Å². The third-order valence-electron chi connectivity index (χ3n) is 4.22. The van der Waals surface area contributed by atoms with Crippen LogP contribution in [0.4, 0.5) is 5.69 Å². The average molecular weight is 275 g/mol. The molecule has 0 radical (unpaired) electrons. The van der Waals surface area contributed by atoms with Crippen LogP contribution in [0.25, 0.3) is 0 Å². The molecule has 20 heavy (non-hydrogen) atoms. The van der Waals surface area contributed by atoms with Crippen molar-refractivity contribution in [1.29, 1.82) is 0 Å². The van der Waals surface area contributed by atoms with E-state index in [9.17, 15) is 9.90 Å². The number of hydrogen-bond donors (Lipinski definition) is 1. The van der Waals surface area contributed by atoms with Gasteiger partial charge in [0.05, 0.1) is 12.2 Å². The lowest BCUT2D eigenvalue weighted by atomic mass is 10.0. The zero-order valence-electron chi connectivity index (χ0n) is 11.8. The Morgan fingerprint density at radius 3 is 2.85 bits per heavy atom. The van der Waals surface area contributed by atoms with Gasteiger partial charge < -0.3 is 14.7 Å². The Bertz CT molecular complexity index is 502. The van der Waals surface area contributed by atoms with Crippen molar-refractivity contribution in [1.82, 2.24) is 0 Å². The van der Waals surface area contributed by atoms with Gasteiger partial charge in [-0.05, 0) is 38.7 Å². The zero-order chi connectivity index (χ0) is 14.1. The van der Waals surface area contributed by atoms with Crippen LogP contribution >= 0.6 is 0 Å². The van der Waals surface area contributed by atoms with E-state index in [-0.39, 0.29) is 18.1 Å². The van der Waals surface area contributed by atoms with Crippen LogP contribution in [0, 0.1) is 0 Å². The first kappa shape index (κ1) is 13.6. The number of aliphatic hydroxyl groups excluding tert-OH is 1. The molecule has 108 valence electrons. The minimum Gasteiger partial charge on any atom is -0.388 e. The number of ether oxygens (including phenoxy) is 1. The molecule has 0 aliphatic carbocycles. The summed E-state index contributed by atoms with van der Waals surface area (Å²) < 4.78 is 5.71. The monoisotopic (exact) mass is 275 g/mol. The first-order chi connectivity index (χ1) is 9.66. The molecule has 3 rings (SSSR count). The van der Waals surface area contributed by atoms with Gasteiger partial charge >= 0.3 is 0 Å². The Morgan fingerprint density at radius 2 is 2.10 bits per heavy atom. The molecular formula is C16H21NO3. The van der Waals surface area contributed by atoms with Gasteiger partial charge in [-0.15, -0.1) is 0 Å². The fourth-order valence-electron chi connectivity index (χ4n) is 3.12. The van der Waals surface area contributed by atoms with Crippen LogP contribution in [0.2, 0.25) is 0 Å². The number of nitrogens with zero attached hydrogens (tertiary/aromatic N) is 1. The molecule has 0 aromatic heterocycles. The summed E-state index contributed by atoms with van der Waals surface area (Å²) in [7, 11) is 0. The van der Waals surface area contributed by atoms with Crippen molar-refractivity contribution in [2.24, 2.45) is 0 Å². The molecule has 1 amide bonds. The highest BCUT2D eigenvalue weighted by Crippen LogP contribution is 2.34. The number of amides is 1. The summed E-state index contributed by atoms with van der Waals surface area (Å²) >= 11 is 0. The van der Waals surface area contributed by atoms with Crippen LogP contribution in [0.5, 0.6) is 0 Å². The molecule has 0 spiro atoms. The molecule has 1 aromatic rings. The highest BCUT2D eigenvalue weighted by Gasteiger charge is 2.34. The van der Waals surface area contributed by atoms with E-state index < -0.39 is 6.10 Å². The highest BCUT2D eigenvalue weighted by molar-refractivity contribution is 5.97. The Labute approximate surface area is 119 Å². The number of para-hydroxylation sites is 1. The molecule has 4 nitrogen and oxygen atoms in total. The van der Waals surface area contributed by atoms with Crippen molar-refractivity contribution in [2.75, 3.05) is 11.4 Å².